The molecule has 1 aromatic heterocycles. The fourth-order valence-corrected chi connectivity index (χ4v) is 1.38. The number of nitrogens with zero attached hydrogens (tertiary/aromatic N) is 1. The van der Waals surface area contributed by atoms with Crippen molar-refractivity contribution in [1.82, 2.24) is 5.16 Å². The zero-order valence-electron chi connectivity index (χ0n) is 9.55. The van der Waals surface area contributed by atoms with Crippen LogP contribution in [0.1, 0.15) is 0 Å². The minimum Gasteiger partial charge on any atom is -0.497 e. The topological polar surface area (TPSA) is 70.5 Å². The van der Waals surface area contributed by atoms with Crippen LogP contribution in [0.15, 0.2) is 34.9 Å². The molecule has 2 N–H and O–H groups in total. The molecule has 2 aromatic rings. The fourth-order valence-electron chi connectivity index (χ4n) is 1.38. The van der Waals surface area contributed by atoms with Gasteiger partial charge in [0.15, 0.2) is 5.76 Å². The van der Waals surface area contributed by atoms with Gasteiger partial charge in [-0.15, -0.1) is 0 Å². The van der Waals surface area contributed by atoms with Gasteiger partial charge in [0.2, 0.25) is 0 Å². The quantitative estimate of drug-likeness (QED) is 0.852. The number of hydrogen-bond donors (Lipinski definition) is 1. The van der Waals surface area contributed by atoms with Crippen LogP contribution in [0.5, 0.6) is 11.6 Å². The van der Waals surface area contributed by atoms with E-state index in [0.717, 1.165) is 11.3 Å². The Morgan fingerprint density at radius 3 is 2.71 bits per heavy atom. The van der Waals surface area contributed by atoms with Gasteiger partial charge in [-0.25, -0.2) is 0 Å². The molecule has 90 valence electrons. The lowest BCUT2D eigenvalue weighted by Gasteiger charge is -1.99. The highest BCUT2D eigenvalue weighted by Gasteiger charge is 2.07. The third kappa shape index (κ3) is 2.76. The van der Waals surface area contributed by atoms with Crippen molar-refractivity contribution in [2.24, 2.45) is 5.73 Å². The third-order valence-electron chi connectivity index (χ3n) is 2.23. The van der Waals surface area contributed by atoms with Gasteiger partial charge >= 0.3 is 0 Å². The molecule has 5 heteroatoms. The molecule has 1 aromatic carbocycles. The van der Waals surface area contributed by atoms with Gasteiger partial charge in [0.05, 0.1) is 7.11 Å². The Bertz CT molecular complexity index is 465. The fraction of sp³-hybridized carbons (Fsp3) is 0.250. The summed E-state index contributed by atoms with van der Waals surface area (Å²) in [5.74, 6) is 1.90. The maximum Gasteiger partial charge on any atom is 0.254 e. The molecule has 0 fully saturated rings. The number of nitrogens with two attached hydrogens (primary N) is 1. The van der Waals surface area contributed by atoms with Crippen LogP contribution in [0.3, 0.4) is 0 Å². The molecule has 0 atom stereocenters. The van der Waals surface area contributed by atoms with E-state index in [-0.39, 0.29) is 0 Å². The van der Waals surface area contributed by atoms with Crippen molar-refractivity contribution in [2.45, 2.75) is 0 Å². The molecule has 5 nitrogen and oxygen atoms in total. The molecule has 0 aliphatic carbocycles. The first-order valence-electron chi connectivity index (χ1n) is 5.27. The van der Waals surface area contributed by atoms with E-state index in [2.05, 4.69) is 5.16 Å². The van der Waals surface area contributed by atoms with E-state index in [1.165, 1.54) is 0 Å². The average molecular weight is 234 g/mol. The van der Waals surface area contributed by atoms with Gasteiger partial charge in [0, 0.05) is 18.2 Å². The molecular weight excluding hydrogens is 220 g/mol. The Morgan fingerprint density at radius 1 is 1.29 bits per heavy atom. The van der Waals surface area contributed by atoms with Gasteiger partial charge < -0.3 is 19.7 Å². The van der Waals surface area contributed by atoms with Crippen LogP contribution >= 0.6 is 0 Å². The van der Waals surface area contributed by atoms with Crippen molar-refractivity contribution in [3.8, 4) is 23.0 Å². The van der Waals surface area contributed by atoms with E-state index in [4.69, 9.17) is 19.7 Å². The second-order valence-corrected chi connectivity index (χ2v) is 3.40. The SMILES string of the molecule is COc1ccc(-c2cc(OCCN)no2)cc1. The van der Waals surface area contributed by atoms with E-state index in [1.807, 2.05) is 24.3 Å². The Labute approximate surface area is 99.1 Å². The van der Waals surface area contributed by atoms with Crippen LogP contribution in [0.4, 0.5) is 0 Å². The molecule has 0 spiro atoms. The van der Waals surface area contributed by atoms with Gasteiger partial charge in [-0.2, -0.15) is 0 Å². The summed E-state index contributed by atoms with van der Waals surface area (Å²) in [6, 6.07) is 9.24. The van der Waals surface area contributed by atoms with Crippen molar-refractivity contribution in [1.29, 1.82) is 0 Å². The Kier molecular flexibility index (Phi) is 3.62. The summed E-state index contributed by atoms with van der Waals surface area (Å²) in [7, 11) is 1.63. The van der Waals surface area contributed by atoms with Crippen LogP contribution in [0.2, 0.25) is 0 Å². The van der Waals surface area contributed by atoms with E-state index in [1.54, 1.807) is 13.2 Å². The molecule has 0 bridgehead atoms. The molecule has 0 saturated heterocycles. The summed E-state index contributed by atoms with van der Waals surface area (Å²) < 4.78 is 15.5. The molecular formula is C12H14N2O3. The number of benzene rings is 1. The monoisotopic (exact) mass is 234 g/mol. The minimum absolute atomic E-state index is 0.425. The Balaban J connectivity index is 2.12. The van der Waals surface area contributed by atoms with E-state index >= 15 is 0 Å². The van der Waals surface area contributed by atoms with Crippen LogP contribution in [0, 0.1) is 0 Å². The summed E-state index contributed by atoms with van der Waals surface area (Å²) in [4.78, 5) is 0. The predicted molar refractivity (Wildman–Crippen MR) is 63.0 cm³/mol. The Hall–Kier alpha value is -2.01. The number of ether oxygens (including phenoxy) is 2. The van der Waals surface area contributed by atoms with Crippen LogP contribution in [-0.4, -0.2) is 25.4 Å². The van der Waals surface area contributed by atoms with Crippen molar-refractivity contribution in [3.05, 3.63) is 30.3 Å². The smallest absolute Gasteiger partial charge is 0.254 e. The normalized spacial score (nSPS) is 10.2. The molecule has 0 saturated carbocycles. The first kappa shape index (κ1) is 11.5. The van der Waals surface area contributed by atoms with Crippen molar-refractivity contribution in [3.63, 3.8) is 0 Å². The highest BCUT2D eigenvalue weighted by molar-refractivity contribution is 5.59. The van der Waals surface area contributed by atoms with Crippen molar-refractivity contribution >= 4 is 0 Å². The number of methoxy groups -OCH3 is 1. The van der Waals surface area contributed by atoms with Crippen LogP contribution < -0.4 is 15.2 Å². The van der Waals surface area contributed by atoms with Crippen molar-refractivity contribution < 1.29 is 14.0 Å². The molecule has 0 aliphatic heterocycles. The Morgan fingerprint density at radius 2 is 2.06 bits per heavy atom. The van der Waals surface area contributed by atoms with Gasteiger partial charge in [-0.05, 0) is 29.4 Å². The summed E-state index contributed by atoms with van der Waals surface area (Å²) in [6.07, 6.45) is 0. The second kappa shape index (κ2) is 5.36. The molecule has 0 radical (unpaired) electrons. The van der Waals surface area contributed by atoms with E-state index in [9.17, 15) is 0 Å². The average Bonchev–Trinajstić information content (AvgIpc) is 2.85. The highest BCUT2D eigenvalue weighted by atomic mass is 16.5. The largest absolute Gasteiger partial charge is 0.497 e. The standard InChI is InChI=1S/C12H14N2O3/c1-15-10-4-2-9(3-5-10)11-8-12(14-17-11)16-7-6-13/h2-5,8H,6-7,13H2,1H3. The first-order valence-corrected chi connectivity index (χ1v) is 5.27. The lowest BCUT2D eigenvalue weighted by atomic mass is 10.2. The number of rotatable bonds is 5. The summed E-state index contributed by atoms with van der Waals surface area (Å²) in [6.45, 7) is 0.874. The van der Waals surface area contributed by atoms with E-state index in [0.29, 0.717) is 24.8 Å². The number of hydrogen-bond acceptors (Lipinski definition) is 5. The number of aromatic nitrogens is 1. The molecule has 0 unspecified atom stereocenters. The van der Waals surface area contributed by atoms with Crippen molar-refractivity contribution in [2.75, 3.05) is 20.3 Å². The molecule has 0 amide bonds. The summed E-state index contributed by atoms with van der Waals surface area (Å²) >= 11 is 0. The lowest BCUT2D eigenvalue weighted by molar-refractivity contribution is 0.288. The van der Waals surface area contributed by atoms with E-state index < -0.39 is 0 Å². The predicted octanol–water partition coefficient (Wildman–Crippen LogP) is 1.69. The maximum absolute atomic E-state index is 5.33. The third-order valence-corrected chi connectivity index (χ3v) is 2.23. The van der Waals surface area contributed by atoms with Gasteiger partial charge in [0.1, 0.15) is 12.4 Å². The maximum atomic E-state index is 5.33. The zero-order valence-corrected chi connectivity index (χ0v) is 9.55. The van der Waals surface area contributed by atoms with Crippen LogP contribution in [-0.2, 0) is 0 Å². The first-order chi connectivity index (χ1) is 8.33. The highest BCUT2D eigenvalue weighted by Crippen LogP contribution is 2.25. The lowest BCUT2D eigenvalue weighted by Crippen LogP contribution is -2.10. The molecule has 1 heterocycles. The zero-order chi connectivity index (χ0) is 12.1. The second-order valence-electron chi connectivity index (χ2n) is 3.40. The van der Waals surface area contributed by atoms with Gasteiger partial charge in [-0.1, -0.05) is 0 Å². The molecule has 17 heavy (non-hydrogen) atoms. The van der Waals surface area contributed by atoms with Gasteiger partial charge in [-0.3, -0.25) is 0 Å². The molecule has 2 rings (SSSR count). The minimum atomic E-state index is 0.425. The summed E-state index contributed by atoms with van der Waals surface area (Å²) in [5, 5.41) is 3.79. The molecule has 0 aliphatic rings. The van der Waals surface area contributed by atoms with Crippen LogP contribution in [0.25, 0.3) is 11.3 Å². The van der Waals surface area contributed by atoms with Gasteiger partial charge in [0.25, 0.3) is 5.88 Å². The summed E-state index contributed by atoms with van der Waals surface area (Å²) in [5.41, 5.74) is 6.25.